The van der Waals surface area contributed by atoms with Gasteiger partial charge in [0, 0.05) is 48.5 Å². The van der Waals surface area contributed by atoms with Gasteiger partial charge in [0.25, 0.3) is 10.2 Å². The molecule has 0 saturated carbocycles. The molecule has 7 nitrogen and oxygen atoms in total. The van der Waals surface area contributed by atoms with Gasteiger partial charge in [-0.05, 0) is 30.2 Å². The predicted octanol–water partition coefficient (Wildman–Crippen LogP) is 1.88. The second-order valence-corrected chi connectivity index (χ2v) is 9.48. The molecular formula is C18H19N5O2S2. The van der Waals surface area contributed by atoms with Gasteiger partial charge in [0.2, 0.25) is 0 Å². The maximum atomic E-state index is 12.2. The van der Waals surface area contributed by atoms with Crippen LogP contribution < -0.4 is 4.72 Å². The third kappa shape index (κ3) is 3.26. The molecule has 0 fully saturated rings. The first kappa shape index (κ1) is 18.1. The lowest BCUT2D eigenvalue weighted by Gasteiger charge is -2.18. The summed E-state index contributed by atoms with van der Waals surface area (Å²) < 4.78 is 30.6. The first-order chi connectivity index (χ1) is 12.9. The van der Waals surface area contributed by atoms with Gasteiger partial charge < -0.3 is 4.57 Å². The van der Waals surface area contributed by atoms with Crippen molar-refractivity contribution in [2.45, 2.75) is 25.4 Å². The van der Waals surface area contributed by atoms with Crippen molar-refractivity contribution in [3.8, 4) is 6.07 Å². The fourth-order valence-electron chi connectivity index (χ4n) is 3.62. The predicted molar refractivity (Wildman–Crippen MR) is 105 cm³/mol. The second-order valence-electron chi connectivity index (χ2n) is 6.85. The monoisotopic (exact) mass is 401 g/mol. The largest absolute Gasteiger partial charge is 0.338 e. The Morgan fingerprint density at radius 1 is 1.41 bits per heavy atom. The van der Waals surface area contributed by atoms with Gasteiger partial charge in [0.05, 0.1) is 29.4 Å². The lowest BCUT2D eigenvalue weighted by molar-refractivity contribution is 0.487. The highest BCUT2D eigenvalue weighted by molar-refractivity contribution is 7.87. The molecule has 0 amide bonds. The van der Waals surface area contributed by atoms with Crippen LogP contribution in [0.15, 0.2) is 29.1 Å². The minimum absolute atomic E-state index is 0.195. The topological polar surface area (TPSA) is 91.0 Å². The van der Waals surface area contributed by atoms with Gasteiger partial charge in [0.1, 0.15) is 0 Å². The van der Waals surface area contributed by atoms with Gasteiger partial charge in [-0.1, -0.05) is 0 Å². The SMILES string of the molecule is CN(C)S(=O)(=O)NC1Cc2c(n(Cc3cscn3)c3ccc(C#N)cc23)C1. The fraction of sp³-hybridized carbons (Fsp3) is 0.333. The lowest BCUT2D eigenvalue weighted by Crippen LogP contribution is -2.42. The molecule has 9 heteroatoms. The van der Waals surface area contributed by atoms with Crippen molar-refractivity contribution in [2.24, 2.45) is 0 Å². The van der Waals surface area contributed by atoms with Crippen LogP contribution in [-0.4, -0.2) is 42.4 Å². The van der Waals surface area contributed by atoms with Crippen molar-refractivity contribution >= 4 is 32.4 Å². The van der Waals surface area contributed by atoms with Crippen LogP contribution in [0.2, 0.25) is 0 Å². The second kappa shape index (κ2) is 6.73. The van der Waals surface area contributed by atoms with E-state index in [0.29, 0.717) is 24.9 Å². The van der Waals surface area contributed by atoms with E-state index in [1.165, 1.54) is 18.4 Å². The fourth-order valence-corrected chi connectivity index (χ4v) is 4.97. The summed E-state index contributed by atoms with van der Waals surface area (Å²) in [6.45, 7) is 0.633. The van der Waals surface area contributed by atoms with Gasteiger partial charge >= 0.3 is 0 Å². The molecule has 0 radical (unpaired) electrons. The molecule has 1 atom stereocenters. The van der Waals surface area contributed by atoms with Crippen LogP contribution >= 0.6 is 11.3 Å². The van der Waals surface area contributed by atoms with Gasteiger partial charge in [-0.25, -0.2) is 4.98 Å². The van der Waals surface area contributed by atoms with E-state index in [1.807, 2.05) is 29.1 Å². The van der Waals surface area contributed by atoms with E-state index in [2.05, 4.69) is 20.3 Å². The molecule has 3 aromatic rings. The third-order valence-corrected chi connectivity index (χ3v) is 7.13. The Labute approximate surface area is 162 Å². The average molecular weight is 402 g/mol. The van der Waals surface area contributed by atoms with Gasteiger partial charge in [0.15, 0.2) is 0 Å². The summed E-state index contributed by atoms with van der Waals surface area (Å²) in [5.74, 6) is 0. The number of rotatable bonds is 5. The Morgan fingerprint density at radius 2 is 2.22 bits per heavy atom. The number of aromatic nitrogens is 2. The summed E-state index contributed by atoms with van der Waals surface area (Å²) in [6, 6.07) is 7.68. The molecule has 0 spiro atoms. The van der Waals surface area contributed by atoms with E-state index in [4.69, 9.17) is 0 Å². The van der Waals surface area contributed by atoms with Crippen molar-refractivity contribution in [3.63, 3.8) is 0 Å². The number of hydrogen-bond acceptors (Lipinski definition) is 5. The van der Waals surface area contributed by atoms with Gasteiger partial charge in [-0.3, -0.25) is 0 Å². The molecule has 0 bridgehead atoms. The summed E-state index contributed by atoms with van der Waals surface area (Å²) in [5, 5.41) is 12.3. The number of hydrogen-bond donors (Lipinski definition) is 1. The summed E-state index contributed by atoms with van der Waals surface area (Å²) in [5.41, 5.74) is 6.67. The van der Waals surface area contributed by atoms with Crippen LogP contribution in [0.1, 0.15) is 22.5 Å². The maximum Gasteiger partial charge on any atom is 0.279 e. The van der Waals surface area contributed by atoms with Crippen LogP contribution in [0, 0.1) is 11.3 Å². The normalized spacial score (nSPS) is 16.7. The van der Waals surface area contributed by atoms with E-state index < -0.39 is 10.2 Å². The van der Waals surface area contributed by atoms with Crippen LogP contribution in [0.5, 0.6) is 0 Å². The van der Waals surface area contributed by atoms with Gasteiger partial charge in [-0.15, -0.1) is 11.3 Å². The number of benzene rings is 1. The van der Waals surface area contributed by atoms with E-state index in [0.717, 1.165) is 27.9 Å². The molecule has 1 N–H and O–H groups in total. The molecule has 1 aliphatic carbocycles. The standard InChI is InChI=1S/C18H19N5O2S2/c1-22(2)27(24,25)21-13-6-16-15-5-12(8-19)3-4-17(15)23(18(16)7-13)9-14-10-26-11-20-14/h3-5,10-11,13,21H,6-7,9H2,1-2H3. The Hall–Kier alpha value is -2.25. The highest BCUT2D eigenvalue weighted by Gasteiger charge is 2.31. The van der Waals surface area contributed by atoms with Crippen LogP contribution in [-0.2, 0) is 29.6 Å². The maximum absolute atomic E-state index is 12.2. The van der Waals surface area contributed by atoms with Crippen molar-refractivity contribution in [1.29, 1.82) is 5.26 Å². The van der Waals surface area contributed by atoms with Crippen molar-refractivity contribution in [3.05, 3.63) is 51.6 Å². The summed E-state index contributed by atoms with van der Waals surface area (Å²) in [6.07, 6.45) is 1.22. The third-order valence-electron chi connectivity index (χ3n) is 4.91. The molecule has 140 valence electrons. The first-order valence-electron chi connectivity index (χ1n) is 8.50. The van der Waals surface area contributed by atoms with Crippen molar-refractivity contribution < 1.29 is 8.42 Å². The van der Waals surface area contributed by atoms with Crippen LogP contribution in [0.25, 0.3) is 10.9 Å². The highest BCUT2D eigenvalue weighted by atomic mass is 32.2. The van der Waals surface area contributed by atoms with Crippen LogP contribution in [0.3, 0.4) is 0 Å². The molecular weight excluding hydrogens is 382 g/mol. The van der Waals surface area contributed by atoms with E-state index in [1.54, 1.807) is 11.3 Å². The number of nitrogens with one attached hydrogen (secondary N) is 1. The van der Waals surface area contributed by atoms with Crippen molar-refractivity contribution in [2.75, 3.05) is 14.1 Å². The lowest BCUT2D eigenvalue weighted by atomic mass is 10.1. The zero-order valence-electron chi connectivity index (χ0n) is 15.0. The van der Waals surface area contributed by atoms with Crippen LogP contribution in [0.4, 0.5) is 0 Å². The zero-order chi connectivity index (χ0) is 19.2. The Kier molecular flexibility index (Phi) is 4.52. The molecule has 1 unspecified atom stereocenters. The molecule has 2 aromatic heterocycles. The van der Waals surface area contributed by atoms with E-state index in [9.17, 15) is 13.7 Å². The molecule has 0 saturated heterocycles. The molecule has 2 heterocycles. The molecule has 27 heavy (non-hydrogen) atoms. The Morgan fingerprint density at radius 3 is 2.89 bits per heavy atom. The highest BCUT2D eigenvalue weighted by Crippen LogP contribution is 2.34. The first-order valence-corrected chi connectivity index (χ1v) is 10.9. The minimum Gasteiger partial charge on any atom is -0.338 e. The number of nitriles is 1. The summed E-state index contributed by atoms with van der Waals surface area (Å²) in [7, 11) is -0.464. The van der Waals surface area contributed by atoms with Gasteiger partial charge in [-0.2, -0.15) is 22.7 Å². The molecule has 4 rings (SSSR count). The number of nitrogens with zero attached hydrogens (tertiary/aromatic N) is 4. The van der Waals surface area contributed by atoms with E-state index in [-0.39, 0.29) is 6.04 Å². The number of thiazole rings is 1. The molecule has 0 aliphatic heterocycles. The smallest absolute Gasteiger partial charge is 0.279 e. The van der Waals surface area contributed by atoms with Crippen molar-refractivity contribution in [1.82, 2.24) is 18.6 Å². The van der Waals surface area contributed by atoms with E-state index >= 15 is 0 Å². The molecule has 1 aromatic carbocycles. The quantitative estimate of drug-likeness (QED) is 0.707. The zero-order valence-corrected chi connectivity index (χ0v) is 16.6. The summed E-state index contributed by atoms with van der Waals surface area (Å²) in [4.78, 5) is 4.39. The number of fused-ring (bicyclic) bond motifs is 3. The Bertz CT molecular complexity index is 1140. The average Bonchev–Trinajstić information content (AvgIpc) is 3.33. The minimum atomic E-state index is -3.50. The molecule has 1 aliphatic rings. The summed E-state index contributed by atoms with van der Waals surface area (Å²) >= 11 is 1.55. The Balaban J connectivity index is 1.76.